The van der Waals surface area contributed by atoms with Crippen molar-refractivity contribution >= 4 is 10.0 Å². The summed E-state index contributed by atoms with van der Waals surface area (Å²) in [5.41, 5.74) is 0. The summed E-state index contributed by atoms with van der Waals surface area (Å²) in [6.07, 6.45) is 2.72. The Kier molecular flexibility index (Phi) is 3.81. The molecule has 0 amide bonds. The van der Waals surface area contributed by atoms with Crippen molar-refractivity contribution in [1.82, 2.24) is 4.72 Å². The first-order valence-corrected chi connectivity index (χ1v) is 7.33. The van der Waals surface area contributed by atoms with Crippen LogP contribution in [0.2, 0.25) is 0 Å². The highest BCUT2D eigenvalue weighted by atomic mass is 32.2. The van der Waals surface area contributed by atoms with Crippen molar-refractivity contribution in [3.05, 3.63) is 30.3 Å². The maximum atomic E-state index is 12.0. The van der Waals surface area contributed by atoms with Gasteiger partial charge in [0.15, 0.2) is 0 Å². The van der Waals surface area contributed by atoms with Gasteiger partial charge in [-0.2, -0.15) is 0 Å². The number of aliphatic hydroxyl groups excluding tert-OH is 1. The number of rotatable bonds is 3. The van der Waals surface area contributed by atoms with Gasteiger partial charge in [0.05, 0.1) is 11.0 Å². The minimum absolute atomic E-state index is 0.248. The third kappa shape index (κ3) is 3.06. The van der Waals surface area contributed by atoms with Crippen molar-refractivity contribution in [2.45, 2.75) is 42.7 Å². The van der Waals surface area contributed by atoms with Crippen LogP contribution < -0.4 is 4.72 Å². The molecule has 0 aliphatic heterocycles. The van der Waals surface area contributed by atoms with E-state index in [-0.39, 0.29) is 10.9 Å². The molecule has 1 aliphatic rings. The second-order valence-electron chi connectivity index (χ2n) is 4.39. The molecule has 0 heterocycles. The molecule has 0 saturated heterocycles. The van der Waals surface area contributed by atoms with Gasteiger partial charge in [0.25, 0.3) is 0 Å². The van der Waals surface area contributed by atoms with E-state index in [0.29, 0.717) is 12.8 Å². The van der Waals surface area contributed by atoms with E-state index >= 15 is 0 Å². The molecule has 1 aromatic carbocycles. The Morgan fingerprint density at radius 1 is 1.12 bits per heavy atom. The third-order valence-corrected chi connectivity index (χ3v) is 4.60. The Morgan fingerprint density at radius 2 is 1.76 bits per heavy atom. The molecule has 2 N–H and O–H groups in total. The van der Waals surface area contributed by atoms with Gasteiger partial charge < -0.3 is 5.11 Å². The maximum absolute atomic E-state index is 12.0. The molecule has 94 valence electrons. The molecular formula is C12H17NO3S. The molecule has 0 aromatic heterocycles. The second kappa shape index (κ2) is 5.16. The molecule has 2 atom stereocenters. The molecule has 1 saturated carbocycles. The minimum atomic E-state index is -3.50. The van der Waals surface area contributed by atoms with Crippen LogP contribution in [0.3, 0.4) is 0 Å². The molecule has 1 aliphatic carbocycles. The standard InChI is InChI=1S/C12H17NO3S/c14-12-9-5-4-8-11(12)13-17(15,16)10-6-2-1-3-7-10/h1-3,6-7,11-14H,4-5,8-9H2. The van der Waals surface area contributed by atoms with Gasteiger partial charge in [-0.05, 0) is 25.0 Å². The number of aliphatic hydroxyl groups is 1. The van der Waals surface area contributed by atoms with Crippen molar-refractivity contribution < 1.29 is 13.5 Å². The zero-order chi connectivity index (χ0) is 12.3. The SMILES string of the molecule is O=S(=O)(NC1CCCCC1O)c1ccccc1. The smallest absolute Gasteiger partial charge is 0.240 e. The second-order valence-corrected chi connectivity index (χ2v) is 6.11. The summed E-state index contributed by atoms with van der Waals surface area (Å²) in [7, 11) is -3.50. The summed E-state index contributed by atoms with van der Waals surface area (Å²) >= 11 is 0. The molecule has 5 heteroatoms. The van der Waals surface area contributed by atoms with Gasteiger partial charge in [0, 0.05) is 6.04 Å². The van der Waals surface area contributed by atoms with Crippen LogP contribution in [0.1, 0.15) is 25.7 Å². The first-order valence-electron chi connectivity index (χ1n) is 5.85. The lowest BCUT2D eigenvalue weighted by molar-refractivity contribution is 0.101. The average Bonchev–Trinajstić information content (AvgIpc) is 2.33. The Labute approximate surface area is 102 Å². The predicted octanol–water partition coefficient (Wildman–Crippen LogP) is 1.27. The summed E-state index contributed by atoms with van der Waals surface area (Å²) < 4.78 is 26.6. The van der Waals surface area contributed by atoms with E-state index in [9.17, 15) is 13.5 Å². The molecule has 0 spiro atoms. The molecule has 4 nitrogen and oxygen atoms in total. The number of hydrogen-bond acceptors (Lipinski definition) is 3. The van der Waals surface area contributed by atoms with Crippen LogP contribution in [-0.4, -0.2) is 25.7 Å². The monoisotopic (exact) mass is 255 g/mol. The predicted molar refractivity (Wildman–Crippen MR) is 65.0 cm³/mol. The van der Waals surface area contributed by atoms with Gasteiger partial charge in [-0.15, -0.1) is 0 Å². The van der Waals surface area contributed by atoms with E-state index in [0.717, 1.165) is 12.8 Å². The van der Waals surface area contributed by atoms with Crippen molar-refractivity contribution in [3.8, 4) is 0 Å². The quantitative estimate of drug-likeness (QED) is 0.854. The molecule has 17 heavy (non-hydrogen) atoms. The number of nitrogens with one attached hydrogen (secondary N) is 1. The minimum Gasteiger partial charge on any atom is -0.391 e. The van der Waals surface area contributed by atoms with E-state index in [1.165, 1.54) is 0 Å². The van der Waals surface area contributed by atoms with Crippen LogP contribution in [0.25, 0.3) is 0 Å². The first-order chi connectivity index (χ1) is 8.09. The van der Waals surface area contributed by atoms with Crippen molar-refractivity contribution in [1.29, 1.82) is 0 Å². The van der Waals surface area contributed by atoms with E-state index in [1.54, 1.807) is 30.3 Å². The van der Waals surface area contributed by atoms with E-state index in [1.807, 2.05) is 0 Å². The Balaban J connectivity index is 2.12. The van der Waals surface area contributed by atoms with Crippen molar-refractivity contribution in [3.63, 3.8) is 0 Å². The Bertz CT molecular complexity index is 458. The van der Waals surface area contributed by atoms with Gasteiger partial charge >= 0.3 is 0 Å². The van der Waals surface area contributed by atoms with Crippen LogP contribution in [0, 0.1) is 0 Å². The summed E-state index contributed by atoms with van der Waals surface area (Å²) in [6.45, 7) is 0. The van der Waals surface area contributed by atoms with Gasteiger partial charge in [-0.3, -0.25) is 0 Å². The highest BCUT2D eigenvalue weighted by Crippen LogP contribution is 2.20. The molecule has 2 unspecified atom stereocenters. The lowest BCUT2D eigenvalue weighted by atomic mass is 9.93. The largest absolute Gasteiger partial charge is 0.391 e. The van der Waals surface area contributed by atoms with Gasteiger partial charge in [0.2, 0.25) is 10.0 Å². The van der Waals surface area contributed by atoms with Gasteiger partial charge in [0.1, 0.15) is 0 Å². The molecule has 1 aromatic rings. The van der Waals surface area contributed by atoms with Crippen LogP contribution in [0.4, 0.5) is 0 Å². The van der Waals surface area contributed by atoms with Crippen LogP contribution >= 0.6 is 0 Å². The van der Waals surface area contributed by atoms with Gasteiger partial charge in [-0.25, -0.2) is 13.1 Å². The fourth-order valence-corrected chi connectivity index (χ4v) is 3.44. The number of sulfonamides is 1. The van der Waals surface area contributed by atoms with Crippen LogP contribution in [0.15, 0.2) is 35.2 Å². The van der Waals surface area contributed by atoms with Crippen molar-refractivity contribution in [2.24, 2.45) is 0 Å². The topological polar surface area (TPSA) is 66.4 Å². The summed E-state index contributed by atoms with van der Waals surface area (Å²) in [5.74, 6) is 0. The summed E-state index contributed by atoms with van der Waals surface area (Å²) in [6, 6.07) is 7.90. The fourth-order valence-electron chi connectivity index (χ4n) is 2.12. The van der Waals surface area contributed by atoms with E-state index in [2.05, 4.69) is 4.72 Å². The number of hydrogen-bond donors (Lipinski definition) is 2. The Hall–Kier alpha value is -0.910. The summed E-state index contributed by atoms with van der Waals surface area (Å²) in [5, 5.41) is 9.75. The van der Waals surface area contributed by atoms with Crippen molar-refractivity contribution in [2.75, 3.05) is 0 Å². The van der Waals surface area contributed by atoms with Crippen LogP contribution in [-0.2, 0) is 10.0 Å². The lowest BCUT2D eigenvalue weighted by Gasteiger charge is -2.28. The van der Waals surface area contributed by atoms with Gasteiger partial charge in [-0.1, -0.05) is 31.0 Å². The normalized spacial score (nSPS) is 25.7. The zero-order valence-corrected chi connectivity index (χ0v) is 10.4. The molecular weight excluding hydrogens is 238 g/mol. The lowest BCUT2D eigenvalue weighted by Crippen LogP contribution is -2.44. The molecule has 2 rings (SSSR count). The highest BCUT2D eigenvalue weighted by Gasteiger charge is 2.27. The average molecular weight is 255 g/mol. The van der Waals surface area contributed by atoms with E-state index in [4.69, 9.17) is 0 Å². The molecule has 1 fully saturated rings. The summed E-state index contributed by atoms with van der Waals surface area (Å²) in [4.78, 5) is 0.248. The number of benzene rings is 1. The molecule has 0 radical (unpaired) electrons. The van der Waals surface area contributed by atoms with Crippen LogP contribution in [0.5, 0.6) is 0 Å². The zero-order valence-electron chi connectivity index (χ0n) is 9.54. The highest BCUT2D eigenvalue weighted by molar-refractivity contribution is 7.89. The fraction of sp³-hybridized carbons (Fsp3) is 0.500. The maximum Gasteiger partial charge on any atom is 0.240 e. The Morgan fingerprint density at radius 3 is 2.41 bits per heavy atom. The van der Waals surface area contributed by atoms with E-state index < -0.39 is 16.1 Å². The third-order valence-electron chi connectivity index (χ3n) is 3.09. The molecule has 0 bridgehead atoms. The first kappa shape index (κ1) is 12.5.